The van der Waals surface area contributed by atoms with E-state index in [0.717, 1.165) is 25.7 Å². The van der Waals surface area contributed by atoms with Gasteiger partial charge in [0.1, 0.15) is 0 Å². The zero-order valence-corrected chi connectivity index (χ0v) is 12.3. The Balaban J connectivity index is 3.73. The summed E-state index contributed by atoms with van der Waals surface area (Å²) in [5.74, 6) is 0.326. The Bertz CT molecular complexity index is 218. The van der Waals surface area contributed by atoms with Crippen LogP contribution in [0.15, 0.2) is 0 Å². The summed E-state index contributed by atoms with van der Waals surface area (Å²) in [4.78, 5) is 11.6. The molecule has 18 heavy (non-hydrogen) atoms. The molecule has 0 aromatic heterocycles. The molecule has 2 atom stereocenters. The maximum Gasteiger partial charge on any atom is 0.234 e. The molecule has 0 saturated heterocycles. The van der Waals surface area contributed by atoms with Crippen LogP contribution >= 0.6 is 0 Å². The van der Waals surface area contributed by atoms with Gasteiger partial charge in [-0.15, -0.1) is 0 Å². The normalized spacial score (nSPS) is 14.6. The Morgan fingerprint density at radius 3 is 2.33 bits per heavy atom. The van der Waals surface area contributed by atoms with Gasteiger partial charge in [-0.05, 0) is 19.3 Å². The minimum atomic E-state index is -0.360. The van der Waals surface area contributed by atoms with Crippen molar-refractivity contribution < 1.29 is 9.90 Å². The number of aliphatic hydroxyl groups is 1. The Kier molecular flexibility index (Phi) is 9.98. The molecule has 0 fully saturated rings. The summed E-state index contributed by atoms with van der Waals surface area (Å²) in [5.41, 5.74) is 0. The molecule has 2 unspecified atom stereocenters. The Hall–Kier alpha value is -0.610. The fourth-order valence-corrected chi connectivity index (χ4v) is 2.16. The van der Waals surface area contributed by atoms with E-state index in [2.05, 4.69) is 31.4 Å². The third-order valence-electron chi connectivity index (χ3n) is 3.36. The van der Waals surface area contributed by atoms with Gasteiger partial charge in [-0.2, -0.15) is 0 Å². The smallest absolute Gasteiger partial charge is 0.234 e. The summed E-state index contributed by atoms with van der Waals surface area (Å²) in [5, 5.41) is 15.8. The van der Waals surface area contributed by atoms with Crippen LogP contribution in [0.3, 0.4) is 0 Å². The first-order valence-corrected chi connectivity index (χ1v) is 7.23. The third kappa shape index (κ3) is 7.67. The molecule has 0 aliphatic carbocycles. The Labute approximate surface area is 112 Å². The van der Waals surface area contributed by atoms with Crippen molar-refractivity contribution in [1.82, 2.24) is 10.6 Å². The van der Waals surface area contributed by atoms with Gasteiger partial charge in [0.15, 0.2) is 0 Å². The average molecular weight is 258 g/mol. The molecule has 3 N–H and O–H groups in total. The van der Waals surface area contributed by atoms with Crippen molar-refractivity contribution in [2.24, 2.45) is 5.92 Å². The van der Waals surface area contributed by atoms with E-state index in [9.17, 15) is 9.90 Å². The first-order valence-electron chi connectivity index (χ1n) is 7.23. The summed E-state index contributed by atoms with van der Waals surface area (Å²) in [6.45, 7) is 9.05. The van der Waals surface area contributed by atoms with Crippen molar-refractivity contribution in [3.63, 3.8) is 0 Å². The molecule has 0 aliphatic heterocycles. The molecule has 0 saturated carbocycles. The first kappa shape index (κ1) is 17.4. The molecule has 108 valence electrons. The molecule has 0 spiro atoms. The fourth-order valence-electron chi connectivity index (χ4n) is 2.16. The van der Waals surface area contributed by atoms with Crippen LogP contribution in [0.4, 0.5) is 0 Å². The molecular weight excluding hydrogens is 228 g/mol. The van der Waals surface area contributed by atoms with E-state index < -0.39 is 0 Å². The lowest BCUT2D eigenvalue weighted by Crippen LogP contribution is -2.42. The molecule has 0 rings (SSSR count). The van der Waals surface area contributed by atoms with E-state index in [-0.39, 0.29) is 24.6 Å². The average Bonchev–Trinajstić information content (AvgIpc) is 2.30. The van der Waals surface area contributed by atoms with Gasteiger partial charge >= 0.3 is 0 Å². The molecule has 4 heteroatoms. The van der Waals surface area contributed by atoms with Crippen molar-refractivity contribution in [3.05, 3.63) is 0 Å². The van der Waals surface area contributed by atoms with Crippen LogP contribution in [-0.4, -0.2) is 36.2 Å². The van der Waals surface area contributed by atoms with Crippen molar-refractivity contribution in [1.29, 1.82) is 0 Å². The van der Waals surface area contributed by atoms with Gasteiger partial charge in [0.05, 0.1) is 12.6 Å². The van der Waals surface area contributed by atoms with Gasteiger partial charge in [-0.25, -0.2) is 0 Å². The van der Waals surface area contributed by atoms with Gasteiger partial charge in [-0.3, -0.25) is 4.79 Å². The molecule has 0 bridgehead atoms. The maximum absolute atomic E-state index is 11.6. The Morgan fingerprint density at radius 1 is 1.22 bits per heavy atom. The largest absolute Gasteiger partial charge is 0.392 e. The molecular formula is C14H30N2O2. The minimum absolute atomic E-state index is 0.00713. The summed E-state index contributed by atoms with van der Waals surface area (Å²) >= 11 is 0. The molecule has 4 nitrogen and oxygen atoms in total. The zero-order chi connectivity index (χ0) is 14.0. The fraction of sp³-hybridized carbons (Fsp3) is 0.929. The van der Waals surface area contributed by atoms with Crippen molar-refractivity contribution in [2.45, 2.75) is 65.5 Å². The zero-order valence-electron chi connectivity index (χ0n) is 12.3. The van der Waals surface area contributed by atoms with Crippen LogP contribution in [0, 0.1) is 5.92 Å². The number of hydrogen-bond donors (Lipinski definition) is 3. The quantitative estimate of drug-likeness (QED) is 0.559. The van der Waals surface area contributed by atoms with Crippen LogP contribution in [0.25, 0.3) is 0 Å². The highest BCUT2D eigenvalue weighted by atomic mass is 16.3. The number of amides is 1. The summed E-state index contributed by atoms with van der Waals surface area (Å²) < 4.78 is 0. The topological polar surface area (TPSA) is 61.4 Å². The summed E-state index contributed by atoms with van der Waals surface area (Å²) in [6.07, 6.45) is 3.66. The van der Waals surface area contributed by atoms with Crippen LogP contribution < -0.4 is 10.6 Å². The summed E-state index contributed by atoms with van der Waals surface area (Å²) in [7, 11) is 0. The van der Waals surface area contributed by atoms with Crippen LogP contribution in [-0.2, 0) is 4.79 Å². The van der Waals surface area contributed by atoms with Crippen molar-refractivity contribution in [3.8, 4) is 0 Å². The van der Waals surface area contributed by atoms with Gasteiger partial charge in [0, 0.05) is 12.6 Å². The van der Waals surface area contributed by atoms with E-state index in [1.165, 1.54) is 0 Å². The number of hydrogen-bond acceptors (Lipinski definition) is 3. The molecule has 0 heterocycles. The lowest BCUT2D eigenvalue weighted by Gasteiger charge is -2.20. The van der Waals surface area contributed by atoms with Crippen molar-refractivity contribution in [2.75, 3.05) is 13.1 Å². The van der Waals surface area contributed by atoms with Gasteiger partial charge in [0.2, 0.25) is 5.91 Å². The molecule has 1 amide bonds. The van der Waals surface area contributed by atoms with Crippen LogP contribution in [0.2, 0.25) is 0 Å². The van der Waals surface area contributed by atoms with Gasteiger partial charge in [-0.1, -0.05) is 40.0 Å². The van der Waals surface area contributed by atoms with Crippen LogP contribution in [0.1, 0.15) is 53.4 Å². The van der Waals surface area contributed by atoms with Gasteiger partial charge in [0.25, 0.3) is 0 Å². The predicted molar refractivity (Wildman–Crippen MR) is 75.5 cm³/mol. The molecule has 0 aromatic rings. The van der Waals surface area contributed by atoms with E-state index >= 15 is 0 Å². The van der Waals surface area contributed by atoms with E-state index in [1.807, 2.05) is 6.92 Å². The second-order valence-electron chi connectivity index (χ2n) is 5.03. The number of carbonyl (C=O) groups is 1. The second kappa shape index (κ2) is 10.3. The van der Waals surface area contributed by atoms with Gasteiger partial charge < -0.3 is 15.7 Å². The Morgan fingerprint density at radius 2 is 1.83 bits per heavy atom. The van der Waals surface area contributed by atoms with Crippen LogP contribution in [0.5, 0.6) is 0 Å². The number of nitrogens with one attached hydrogen (secondary N) is 2. The van der Waals surface area contributed by atoms with E-state index in [0.29, 0.717) is 12.5 Å². The monoisotopic (exact) mass is 258 g/mol. The highest BCUT2D eigenvalue weighted by molar-refractivity contribution is 5.78. The van der Waals surface area contributed by atoms with Crippen molar-refractivity contribution >= 4 is 5.91 Å². The predicted octanol–water partition coefficient (Wildman–Crippen LogP) is 1.68. The first-order chi connectivity index (χ1) is 8.54. The lowest BCUT2D eigenvalue weighted by molar-refractivity contribution is -0.120. The maximum atomic E-state index is 11.6. The lowest BCUT2D eigenvalue weighted by atomic mass is 9.97. The molecule has 0 radical (unpaired) electrons. The molecule has 0 aromatic carbocycles. The minimum Gasteiger partial charge on any atom is -0.392 e. The number of aliphatic hydroxyl groups excluding tert-OH is 1. The third-order valence-corrected chi connectivity index (χ3v) is 3.36. The SMILES string of the molecule is CCCC(C)NC(=O)CNCC(O)C(CC)CC. The second-order valence-corrected chi connectivity index (χ2v) is 5.03. The van der Waals surface area contributed by atoms with E-state index in [4.69, 9.17) is 0 Å². The number of carbonyl (C=O) groups excluding carboxylic acids is 1. The standard InChI is InChI=1S/C14H30N2O2/c1-5-8-11(4)16-14(18)10-15-9-13(17)12(6-2)7-3/h11-13,15,17H,5-10H2,1-4H3,(H,16,18). The van der Waals surface area contributed by atoms with E-state index in [1.54, 1.807) is 0 Å². The number of rotatable bonds is 10. The highest BCUT2D eigenvalue weighted by Gasteiger charge is 2.15. The summed E-state index contributed by atoms with van der Waals surface area (Å²) in [6, 6.07) is 0.230. The molecule has 0 aliphatic rings. The highest BCUT2D eigenvalue weighted by Crippen LogP contribution is 2.11.